The summed E-state index contributed by atoms with van der Waals surface area (Å²) >= 11 is 0. The van der Waals surface area contributed by atoms with Crippen molar-refractivity contribution in [2.75, 3.05) is 26.2 Å². The van der Waals surface area contributed by atoms with Gasteiger partial charge in [0.1, 0.15) is 0 Å². The van der Waals surface area contributed by atoms with Crippen LogP contribution in [0.2, 0.25) is 0 Å². The first-order valence-electron chi connectivity index (χ1n) is 5.13. The van der Waals surface area contributed by atoms with E-state index in [1.165, 1.54) is 0 Å². The molecule has 0 aromatic carbocycles. The van der Waals surface area contributed by atoms with E-state index in [-0.39, 0.29) is 6.03 Å². The molecule has 0 saturated carbocycles. The molecule has 80 valence electrons. The van der Waals surface area contributed by atoms with Crippen LogP contribution in [0.15, 0.2) is 12.3 Å². The lowest BCUT2D eigenvalue weighted by Gasteiger charge is -2.26. The molecule has 0 aromatic heterocycles. The summed E-state index contributed by atoms with van der Waals surface area (Å²) in [6.45, 7) is 7.52. The lowest BCUT2D eigenvalue weighted by atomic mass is 10.2. The van der Waals surface area contributed by atoms with Crippen molar-refractivity contribution in [3.05, 3.63) is 12.3 Å². The SMILES string of the molecule is CC(C)/C=C/NC(=O)N1CCNCC1. The maximum atomic E-state index is 11.5. The van der Waals surface area contributed by atoms with E-state index >= 15 is 0 Å². The Morgan fingerprint density at radius 3 is 2.64 bits per heavy atom. The number of allylic oxidation sites excluding steroid dienone is 1. The molecule has 0 atom stereocenters. The molecular formula is C10H19N3O. The molecule has 14 heavy (non-hydrogen) atoms. The quantitative estimate of drug-likeness (QED) is 0.687. The second kappa shape index (κ2) is 5.65. The van der Waals surface area contributed by atoms with Crippen LogP contribution in [-0.4, -0.2) is 37.1 Å². The van der Waals surface area contributed by atoms with Gasteiger partial charge in [-0.1, -0.05) is 19.9 Å². The first kappa shape index (κ1) is 11.0. The standard InChI is InChI=1S/C10H19N3O/c1-9(2)3-4-12-10(14)13-7-5-11-6-8-13/h3-4,9,11H,5-8H2,1-2H3,(H,12,14)/b4-3+. The summed E-state index contributed by atoms with van der Waals surface area (Å²) in [7, 11) is 0. The second-order valence-corrected chi connectivity index (χ2v) is 3.79. The van der Waals surface area contributed by atoms with Gasteiger partial charge in [-0.05, 0) is 5.92 Å². The Morgan fingerprint density at radius 1 is 1.43 bits per heavy atom. The highest BCUT2D eigenvalue weighted by Crippen LogP contribution is 1.94. The van der Waals surface area contributed by atoms with Crippen LogP contribution in [0.3, 0.4) is 0 Å². The first-order chi connectivity index (χ1) is 6.70. The van der Waals surface area contributed by atoms with Gasteiger partial charge in [0, 0.05) is 32.4 Å². The predicted molar refractivity (Wildman–Crippen MR) is 57.0 cm³/mol. The highest BCUT2D eigenvalue weighted by Gasteiger charge is 2.14. The Hall–Kier alpha value is -1.03. The van der Waals surface area contributed by atoms with E-state index in [9.17, 15) is 4.79 Å². The number of urea groups is 1. The van der Waals surface area contributed by atoms with E-state index < -0.39 is 0 Å². The largest absolute Gasteiger partial charge is 0.322 e. The second-order valence-electron chi connectivity index (χ2n) is 3.79. The van der Waals surface area contributed by atoms with Crippen LogP contribution in [0, 0.1) is 5.92 Å². The van der Waals surface area contributed by atoms with Gasteiger partial charge in [-0.3, -0.25) is 0 Å². The summed E-state index contributed by atoms with van der Waals surface area (Å²) in [4.78, 5) is 13.3. The number of nitrogens with zero attached hydrogens (tertiary/aromatic N) is 1. The van der Waals surface area contributed by atoms with Gasteiger partial charge in [-0.2, -0.15) is 0 Å². The molecule has 4 heteroatoms. The summed E-state index contributed by atoms with van der Waals surface area (Å²) < 4.78 is 0. The number of piperazine rings is 1. The molecule has 1 fully saturated rings. The topological polar surface area (TPSA) is 44.4 Å². The molecule has 0 radical (unpaired) electrons. The predicted octanol–water partition coefficient (Wildman–Crippen LogP) is 0.771. The number of hydrogen-bond donors (Lipinski definition) is 2. The fourth-order valence-electron chi connectivity index (χ4n) is 1.27. The fraction of sp³-hybridized carbons (Fsp3) is 0.700. The molecule has 0 aromatic rings. The average molecular weight is 197 g/mol. The first-order valence-corrected chi connectivity index (χ1v) is 5.13. The molecule has 0 bridgehead atoms. The molecule has 0 aliphatic carbocycles. The highest BCUT2D eigenvalue weighted by molar-refractivity contribution is 5.75. The van der Waals surface area contributed by atoms with Gasteiger partial charge in [0.15, 0.2) is 0 Å². The summed E-state index contributed by atoms with van der Waals surface area (Å²) in [6, 6.07) is 0.00315. The van der Waals surface area contributed by atoms with Crippen LogP contribution < -0.4 is 10.6 Å². The number of nitrogens with one attached hydrogen (secondary N) is 2. The van der Waals surface area contributed by atoms with Gasteiger partial charge in [0.2, 0.25) is 0 Å². The summed E-state index contributed by atoms with van der Waals surface area (Å²) in [6.07, 6.45) is 3.70. The van der Waals surface area contributed by atoms with Crippen LogP contribution in [0.4, 0.5) is 4.79 Å². The highest BCUT2D eigenvalue weighted by atomic mass is 16.2. The zero-order valence-corrected chi connectivity index (χ0v) is 8.92. The van der Waals surface area contributed by atoms with E-state index in [0.29, 0.717) is 5.92 Å². The maximum Gasteiger partial charge on any atom is 0.321 e. The third-order valence-electron chi connectivity index (χ3n) is 2.09. The van der Waals surface area contributed by atoms with Crippen LogP contribution >= 0.6 is 0 Å². The van der Waals surface area contributed by atoms with Gasteiger partial charge >= 0.3 is 6.03 Å². The van der Waals surface area contributed by atoms with Gasteiger partial charge in [-0.15, -0.1) is 0 Å². The number of amides is 2. The zero-order valence-electron chi connectivity index (χ0n) is 8.92. The lowest BCUT2D eigenvalue weighted by molar-refractivity contribution is 0.194. The molecule has 1 saturated heterocycles. The number of rotatable bonds is 2. The van der Waals surface area contributed by atoms with Crippen LogP contribution in [0.1, 0.15) is 13.8 Å². The Balaban J connectivity index is 2.26. The summed E-state index contributed by atoms with van der Waals surface area (Å²) in [5.41, 5.74) is 0. The normalized spacial score (nSPS) is 17.8. The van der Waals surface area contributed by atoms with Crippen molar-refractivity contribution < 1.29 is 4.79 Å². The Morgan fingerprint density at radius 2 is 2.07 bits per heavy atom. The van der Waals surface area contributed by atoms with E-state index in [4.69, 9.17) is 0 Å². The number of carbonyl (C=O) groups is 1. The minimum absolute atomic E-state index is 0.00315. The van der Waals surface area contributed by atoms with Crippen molar-refractivity contribution in [3.63, 3.8) is 0 Å². The third-order valence-corrected chi connectivity index (χ3v) is 2.09. The molecule has 1 heterocycles. The molecule has 2 amide bonds. The number of carbonyl (C=O) groups excluding carboxylic acids is 1. The monoisotopic (exact) mass is 197 g/mol. The van der Waals surface area contributed by atoms with Gasteiger partial charge in [0.25, 0.3) is 0 Å². The minimum atomic E-state index is 0.00315. The summed E-state index contributed by atoms with van der Waals surface area (Å²) in [5, 5.41) is 5.97. The van der Waals surface area contributed by atoms with E-state index in [2.05, 4.69) is 24.5 Å². The molecule has 1 rings (SSSR count). The van der Waals surface area contributed by atoms with Crippen molar-refractivity contribution in [2.45, 2.75) is 13.8 Å². The fourth-order valence-corrected chi connectivity index (χ4v) is 1.27. The maximum absolute atomic E-state index is 11.5. The summed E-state index contributed by atoms with van der Waals surface area (Å²) in [5.74, 6) is 0.471. The molecule has 2 N–H and O–H groups in total. The van der Waals surface area contributed by atoms with Gasteiger partial charge in [-0.25, -0.2) is 4.79 Å². The Kier molecular flexibility index (Phi) is 4.46. The Bertz CT molecular complexity index is 207. The molecule has 0 unspecified atom stereocenters. The van der Waals surface area contributed by atoms with E-state index in [0.717, 1.165) is 26.2 Å². The van der Waals surface area contributed by atoms with Crippen molar-refractivity contribution in [2.24, 2.45) is 5.92 Å². The van der Waals surface area contributed by atoms with Crippen molar-refractivity contribution in [3.8, 4) is 0 Å². The van der Waals surface area contributed by atoms with Crippen LogP contribution in [0.25, 0.3) is 0 Å². The van der Waals surface area contributed by atoms with Crippen molar-refractivity contribution in [1.82, 2.24) is 15.5 Å². The molecule has 4 nitrogen and oxygen atoms in total. The zero-order chi connectivity index (χ0) is 10.4. The Labute approximate surface area is 85.3 Å². The molecule has 1 aliphatic heterocycles. The van der Waals surface area contributed by atoms with Crippen molar-refractivity contribution in [1.29, 1.82) is 0 Å². The smallest absolute Gasteiger partial charge is 0.321 e. The average Bonchev–Trinajstić information content (AvgIpc) is 2.18. The minimum Gasteiger partial charge on any atom is -0.322 e. The van der Waals surface area contributed by atoms with Crippen molar-refractivity contribution >= 4 is 6.03 Å². The lowest BCUT2D eigenvalue weighted by Crippen LogP contribution is -2.49. The van der Waals surface area contributed by atoms with E-state index in [1.807, 2.05) is 11.0 Å². The van der Waals surface area contributed by atoms with Crippen LogP contribution in [-0.2, 0) is 0 Å². The third kappa shape index (κ3) is 3.79. The molecular weight excluding hydrogens is 178 g/mol. The van der Waals surface area contributed by atoms with Gasteiger partial charge < -0.3 is 15.5 Å². The van der Waals surface area contributed by atoms with Crippen LogP contribution in [0.5, 0.6) is 0 Å². The van der Waals surface area contributed by atoms with E-state index in [1.54, 1.807) is 6.20 Å². The molecule has 0 spiro atoms. The molecule has 1 aliphatic rings. The number of hydrogen-bond acceptors (Lipinski definition) is 2. The van der Waals surface area contributed by atoms with Gasteiger partial charge in [0.05, 0.1) is 0 Å².